The smallest absolute Gasteiger partial charge is 0.258 e. The molecule has 0 spiro atoms. The summed E-state index contributed by atoms with van der Waals surface area (Å²) >= 11 is 5.59. The summed E-state index contributed by atoms with van der Waals surface area (Å²) < 4.78 is 26.8. The highest BCUT2D eigenvalue weighted by atomic mass is 35.5. The van der Waals surface area contributed by atoms with E-state index >= 15 is 0 Å². The lowest BCUT2D eigenvalue weighted by atomic mass is 10.2. The van der Waals surface area contributed by atoms with Crippen LogP contribution in [-0.4, -0.2) is 10.9 Å². The molecule has 1 aromatic heterocycles. The van der Waals surface area contributed by atoms with E-state index in [2.05, 4.69) is 10.3 Å². The summed E-state index contributed by atoms with van der Waals surface area (Å²) in [5.41, 5.74) is 2.01. The molecular formula is C12H9ClF2N4O. The average Bonchev–Trinajstić information content (AvgIpc) is 2.43. The number of rotatable bonds is 3. The Balaban J connectivity index is 2.26. The minimum absolute atomic E-state index is 0.151. The molecule has 4 N–H and O–H groups in total. The molecule has 0 aliphatic heterocycles. The Morgan fingerprint density at radius 1 is 1.30 bits per heavy atom. The number of hydrogen-bond donors (Lipinski definition) is 3. The van der Waals surface area contributed by atoms with E-state index in [1.54, 1.807) is 0 Å². The van der Waals surface area contributed by atoms with Crippen molar-refractivity contribution in [3.05, 3.63) is 52.7 Å². The Kier molecular flexibility index (Phi) is 4.11. The number of benzene rings is 1. The first kappa shape index (κ1) is 14.2. The van der Waals surface area contributed by atoms with Crippen LogP contribution in [0.25, 0.3) is 0 Å². The molecule has 0 aliphatic carbocycles. The maximum absolute atomic E-state index is 13.8. The molecule has 5 nitrogen and oxygen atoms in total. The van der Waals surface area contributed by atoms with Gasteiger partial charge in [-0.1, -0.05) is 11.6 Å². The fourth-order valence-corrected chi connectivity index (χ4v) is 1.67. The third-order valence-corrected chi connectivity index (χ3v) is 2.74. The Morgan fingerprint density at radius 2 is 2.05 bits per heavy atom. The molecule has 1 amide bonds. The zero-order valence-corrected chi connectivity index (χ0v) is 10.7. The second-order valence-electron chi connectivity index (χ2n) is 3.75. The van der Waals surface area contributed by atoms with E-state index in [1.807, 2.05) is 5.43 Å². The summed E-state index contributed by atoms with van der Waals surface area (Å²) in [4.78, 5) is 15.5. The van der Waals surface area contributed by atoms with E-state index in [1.165, 1.54) is 24.4 Å². The minimum atomic E-state index is -0.888. The monoisotopic (exact) mass is 298 g/mol. The lowest BCUT2D eigenvalue weighted by Gasteiger charge is -2.08. The predicted molar refractivity (Wildman–Crippen MR) is 71.4 cm³/mol. The zero-order chi connectivity index (χ0) is 14.7. The number of nitrogens with two attached hydrogens (primary N) is 1. The Hall–Kier alpha value is -2.25. The Labute approximate surface area is 117 Å². The van der Waals surface area contributed by atoms with Gasteiger partial charge in [0.2, 0.25) is 0 Å². The Bertz CT molecular complexity index is 666. The SMILES string of the molecule is NNc1nccc(C(=O)Nc2ccc(F)c(Cl)c2)c1F. The first-order valence-electron chi connectivity index (χ1n) is 5.40. The molecule has 2 rings (SSSR count). The highest BCUT2D eigenvalue weighted by molar-refractivity contribution is 6.31. The molecule has 0 fully saturated rings. The van der Waals surface area contributed by atoms with Gasteiger partial charge in [-0.15, -0.1) is 0 Å². The van der Waals surface area contributed by atoms with Crippen LogP contribution in [0.1, 0.15) is 10.4 Å². The minimum Gasteiger partial charge on any atom is -0.322 e. The fraction of sp³-hybridized carbons (Fsp3) is 0. The molecule has 0 saturated heterocycles. The number of anilines is 2. The van der Waals surface area contributed by atoms with Gasteiger partial charge in [-0.25, -0.2) is 19.6 Å². The number of nitrogens with zero attached hydrogens (tertiary/aromatic N) is 1. The van der Waals surface area contributed by atoms with Crippen LogP contribution < -0.4 is 16.6 Å². The van der Waals surface area contributed by atoms with Crippen molar-refractivity contribution in [2.45, 2.75) is 0 Å². The van der Waals surface area contributed by atoms with E-state index in [0.717, 1.165) is 6.07 Å². The van der Waals surface area contributed by atoms with Gasteiger partial charge in [0, 0.05) is 11.9 Å². The molecular weight excluding hydrogens is 290 g/mol. The summed E-state index contributed by atoms with van der Waals surface area (Å²) in [6.07, 6.45) is 1.23. The van der Waals surface area contributed by atoms with Crippen molar-refractivity contribution in [3.63, 3.8) is 0 Å². The summed E-state index contributed by atoms with van der Waals surface area (Å²) in [6.45, 7) is 0. The number of carbonyl (C=O) groups is 1. The molecule has 8 heteroatoms. The lowest BCUT2D eigenvalue weighted by molar-refractivity contribution is 0.102. The number of nitrogen functional groups attached to an aromatic ring is 1. The molecule has 1 aromatic carbocycles. The first-order chi connectivity index (χ1) is 9.52. The first-order valence-corrected chi connectivity index (χ1v) is 5.78. The van der Waals surface area contributed by atoms with Crippen molar-refractivity contribution in [1.82, 2.24) is 4.98 Å². The maximum Gasteiger partial charge on any atom is 0.258 e. The van der Waals surface area contributed by atoms with Gasteiger partial charge in [0.15, 0.2) is 11.6 Å². The van der Waals surface area contributed by atoms with E-state index in [4.69, 9.17) is 17.4 Å². The van der Waals surface area contributed by atoms with Gasteiger partial charge in [0.1, 0.15) is 5.82 Å². The van der Waals surface area contributed by atoms with E-state index < -0.39 is 17.5 Å². The standard InChI is InChI=1S/C12H9ClF2N4O/c13-8-5-6(1-2-9(8)14)18-12(20)7-3-4-17-11(19-16)10(7)15/h1-5H,16H2,(H,17,19)(H,18,20). The van der Waals surface area contributed by atoms with Gasteiger partial charge in [-0.05, 0) is 24.3 Å². The van der Waals surface area contributed by atoms with Crippen LogP contribution in [0.3, 0.4) is 0 Å². The quantitative estimate of drug-likeness (QED) is 0.601. The van der Waals surface area contributed by atoms with Crippen molar-refractivity contribution >= 4 is 29.0 Å². The van der Waals surface area contributed by atoms with Crippen LogP contribution in [0.15, 0.2) is 30.5 Å². The van der Waals surface area contributed by atoms with Gasteiger partial charge < -0.3 is 10.7 Å². The Morgan fingerprint density at radius 3 is 2.70 bits per heavy atom. The summed E-state index contributed by atoms with van der Waals surface area (Å²) in [5, 5.41) is 2.24. The number of aromatic nitrogens is 1. The third kappa shape index (κ3) is 2.84. The number of carbonyl (C=O) groups excluding carboxylic acids is 1. The molecule has 0 bridgehead atoms. The normalized spacial score (nSPS) is 10.2. The molecule has 0 unspecified atom stereocenters. The number of hydrogen-bond acceptors (Lipinski definition) is 4. The van der Waals surface area contributed by atoms with Crippen LogP contribution in [-0.2, 0) is 0 Å². The van der Waals surface area contributed by atoms with Gasteiger partial charge >= 0.3 is 0 Å². The fourth-order valence-electron chi connectivity index (χ4n) is 1.49. The summed E-state index contributed by atoms with van der Waals surface area (Å²) in [7, 11) is 0. The second kappa shape index (κ2) is 5.81. The number of halogens is 3. The largest absolute Gasteiger partial charge is 0.322 e. The lowest BCUT2D eigenvalue weighted by Crippen LogP contribution is -2.17. The highest BCUT2D eigenvalue weighted by Gasteiger charge is 2.16. The highest BCUT2D eigenvalue weighted by Crippen LogP contribution is 2.21. The van der Waals surface area contributed by atoms with Crippen molar-refractivity contribution in [1.29, 1.82) is 0 Å². The predicted octanol–water partition coefficient (Wildman–Crippen LogP) is 2.55. The van der Waals surface area contributed by atoms with Crippen molar-refractivity contribution < 1.29 is 13.6 Å². The van der Waals surface area contributed by atoms with Crippen LogP contribution in [0.4, 0.5) is 20.3 Å². The van der Waals surface area contributed by atoms with E-state index in [0.29, 0.717) is 0 Å². The molecule has 1 heterocycles. The molecule has 2 aromatic rings. The number of amides is 1. The molecule has 104 valence electrons. The number of pyridine rings is 1. The molecule has 0 aliphatic rings. The van der Waals surface area contributed by atoms with Crippen molar-refractivity contribution in [2.24, 2.45) is 5.84 Å². The molecule has 0 saturated carbocycles. The maximum atomic E-state index is 13.8. The summed E-state index contributed by atoms with van der Waals surface area (Å²) in [6, 6.07) is 4.81. The van der Waals surface area contributed by atoms with Crippen molar-refractivity contribution in [2.75, 3.05) is 10.7 Å². The zero-order valence-electron chi connectivity index (χ0n) is 9.95. The van der Waals surface area contributed by atoms with Crippen molar-refractivity contribution in [3.8, 4) is 0 Å². The van der Waals surface area contributed by atoms with Gasteiger partial charge in [-0.3, -0.25) is 4.79 Å². The van der Waals surface area contributed by atoms with Crippen LogP contribution in [0.2, 0.25) is 5.02 Å². The van der Waals surface area contributed by atoms with Gasteiger partial charge in [0.05, 0.1) is 10.6 Å². The molecule has 0 radical (unpaired) electrons. The molecule has 0 atom stereocenters. The van der Waals surface area contributed by atoms with Crippen LogP contribution in [0, 0.1) is 11.6 Å². The number of nitrogens with one attached hydrogen (secondary N) is 2. The second-order valence-corrected chi connectivity index (χ2v) is 4.16. The van der Waals surface area contributed by atoms with Gasteiger partial charge in [-0.2, -0.15) is 0 Å². The van der Waals surface area contributed by atoms with E-state index in [-0.39, 0.29) is 22.1 Å². The van der Waals surface area contributed by atoms with E-state index in [9.17, 15) is 13.6 Å². The topological polar surface area (TPSA) is 80.0 Å². The van der Waals surface area contributed by atoms with Gasteiger partial charge in [0.25, 0.3) is 5.91 Å². The third-order valence-electron chi connectivity index (χ3n) is 2.45. The van der Waals surface area contributed by atoms with Crippen LogP contribution >= 0.6 is 11.6 Å². The summed E-state index contributed by atoms with van der Waals surface area (Å²) in [5.74, 6) is 2.57. The van der Waals surface area contributed by atoms with Crippen LogP contribution in [0.5, 0.6) is 0 Å². The number of hydrazine groups is 1. The molecule has 20 heavy (non-hydrogen) atoms. The average molecular weight is 299 g/mol.